The Hall–Kier alpha value is -1.20. The lowest BCUT2D eigenvalue weighted by Crippen LogP contribution is -2.21. The number of carbonyl (C=O) groups is 1. The molecule has 0 saturated heterocycles. The number of primary amides is 1. The summed E-state index contributed by atoms with van der Waals surface area (Å²) in [5.41, 5.74) is 11.8. The Morgan fingerprint density at radius 3 is 2.00 bits per heavy atom. The highest BCUT2D eigenvalue weighted by atomic mass is 32.2. The Labute approximate surface area is 136 Å². The lowest BCUT2D eigenvalue weighted by molar-refractivity contribution is 0.259. The maximum Gasteiger partial charge on any atom is 0.316 e. The first-order chi connectivity index (χ1) is 10.7. The van der Waals surface area contributed by atoms with Crippen molar-refractivity contribution in [3.05, 3.63) is 28.3 Å². The van der Waals surface area contributed by atoms with E-state index in [4.69, 9.17) is 10.9 Å². The fourth-order valence-electron chi connectivity index (χ4n) is 3.60. The molecule has 0 unspecified atom stereocenters. The smallest absolute Gasteiger partial charge is 0.316 e. The topological polar surface area (TPSA) is 81.1 Å². The van der Waals surface area contributed by atoms with Gasteiger partial charge in [-0.05, 0) is 73.6 Å². The number of hydrogen-bond donors (Lipinski definition) is 3. The molecule has 0 radical (unpaired) electrons. The van der Waals surface area contributed by atoms with Gasteiger partial charge >= 0.3 is 6.03 Å². The van der Waals surface area contributed by atoms with E-state index in [9.17, 15) is 4.79 Å². The molecule has 1 fully saturated rings. The van der Waals surface area contributed by atoms with Gasteiger partial charge in [0, 0.05) is 10.9 Å². The molecule has 3 aliphatic rings. The van der Waals surface area contributed by atoms with Crippen molar-refractivity contribution in [3.8, 4) is 0 Å². The van der Waals surface area contributed by atoms with Crippen LogP contribution in [0.15, 0.2) is 6.07 Å². The second-order valence-corrected chi connectivity index (χ2v) is 7.35. The summed E-state index contributed by atoms with van der Waals surface area (Å²) in [6.45, 7) is 0. The van der Waals surface area contributed by atoms with Crippen molar-refractivity contribution < 1.29 is 4.79 Å². The van der Waals surface area contributed by atoms with Gasteiger partial charge in [0.25, 0.3) is 0 Å². The Balaban J connectivity index is 0.000000202. The van der Waals surface area contributed by atoms with E-state index in [0.717, 1.165) is 36.6 Å². The van der Waals surface area contributed by atoms with E-state index in [-0.39, 0.29) is 0 Å². The van der Waals surface area contributed by atoms with Crippen LogP contribution >= 0.6 is 11.9 Å². The summed E-state index contributed by atoms with van der Waals surface area (Å²) in [4.78, 5) is 11.1. The minimum absolute atomic E-state index is 0.436. The van der Waals surface area contributed by atoms with E-state index >= 15 is 0 Å². The van der Waals surface area contributed by atoms with Crippen molar-refractivity contribution in [3.63, 3.8) is 0 Å². The predicted octanol–water partition coefficient (Wildman–Crippen LogP) is 3.30. The first-order valence-electron chi connectivity index (χ1n) is 8.27. The molecule has 1 aromatic rings. The van der Waals surface area contributed by atoms with Gasteiger partial charge < -0.3 is 11.1 Å². The molecule has 0 spiro atoms. The zero-order chi connectivity index (χ0) is 15.5. The monoisotopic (exact) mass is 319 g/mol. The first kappa shape index (κ1) is 15.7. The fraction of sp³-hybridized carbons (Fsp3) is 0.588. The summed E-state index contributed by atoms with van der Waals surface area (Å²) in [5.74, 6) is 0. The molecule has 2 amide bonds. The van der Waals surface area contributed by atoms with Gasteiger partial charge in [-0.25, -0.2) is 4.79 Å². The van der Waals surface area contributed by atoms with E-state index in [1.807, 2.05) is 0 Å². The first-order valence-corrected chi connectivity index (χ1v) is 9.22. The van der Waals surface area contributed by atoms with Crippen LogP contribution < -0.4 is 16.2 Å². The average Bonchev–Trinajstić information content (AvgIpc) is 3.05. The third-order valence-corrected chi connectivity index (χ3v) is 5.82. The minimum Gasteiger partial charge on any atom is -0.351 e. The van der Waals surface area contributed by atoms with Gasteiger partial charge in [-0.15, -0.1) is 0 Å². The maximum atomic E-state index is 11.1. The number of fused-ring (bicyclic) bond motifs is 2. The second kappa shape index (κ2) is 6.92. The van der Waals surface area contributed by atoms with Crippen LogP contribution in [0.3, 0.4) is 0 Å². The molecular formula is C17H25N3OS. The van der Waals surface area contributed by atoms with Crippen LogP contribution in [-0.2, 0) is 25.7 Å². The SMILES string of the molecule is NC(=O)Nc1c2c(cc3c1CCC3)CCC2.NSC1CCC1. The molecular weight excluding hydrogens is 294 g/mol. The molecule has 3 aliphatic carbocycles. The molecule has 120 valence electrons. The molecule has 1 saturated carbocycles. The molecule has 5 N–H and O–H groups in total. The third kappa shape index (κ3) is 3.25. The Morgan fingerprint density at radius 2 is 1.64 bits per heavy atom. The molecule has 0 heterocycles. The highest BCUT2D eigenvalue weighted by molar-refractivity contribution is 7.97. The Bertz CT molecular complexity index is 535. The summed E-state index contributed by atoms with van der Waals surface area (Å²) in [5, 5.41) is 8.90. The number of aryl methyl sites for hydroxylation is 2. The average molecular weight is 319 g/mol. The number of amides is 2. The normalized spacial score (nSPS) is 18.8. The van der Waals surface area contributed by atoms with Gasteiger partial charge in [-0.3, -0.25) is 5.14 Å². The zero-order valence-corrected chi connectivity index (χ0v) is 13.8. The number of anilines is 1. The van der Waals surface area contributed by atoms with Crippen molar-refractivity contribution in [1.29, 1.82) is 0 Å². The van der Waals surface area contributed by atoms with Crippen LogP contribution in [0.5, 0.6) is 0 Å². The number of urea groups is 1. The summed E-state index contributed by atoms with van der Waals surface area (Å²) in [6, 6.07) is 1.91. The zero-order valence-electron chi connectivity index (χ0n) is 13.0. The highest BCUT2D eigenvalue weighted by Gasteiger charge is 2.24. The lowest BCUT2D eigenvalue weighted by atomic mass is 9.99. The standard InChI is InChI=1S/C13H16N2O.C4H9NS/c14-13(16)15-12-10-5-1-3-8(10)7-9-4-2-6-11(9)12;5-6-4-2-1-3-4/h7H,1-6H2,(H3,14,15,16);4H,1-3,5H2. The number of hydrogen-bond acceptors (Lipinski definition) is 3. The Morgan fingerprint density at radius 1 is 1.05 bits per heavy atom. The molecule has 0 aliphatic heterocycles. The summed E-state index contributed by atoms with van der Waals surface area (Å²) < 4.78 is 0. The molecule has 4 nitrogen and oxygen atoms in total. The number of carbonyl (C=O) groups excluding carboxylic acids is 1. The van der Waals surface area contributed by atoms with Crippen molar-refractivity contribution >= 4 is 23.7 Å². The van der Waals surface area contributed by atoms with Crippen molar-refractivity contribution in [1.82, 2.24) is 0 Å². The molecule has 4 rings (SSSR count). The van der Waals surface area contributed by atoms with Crippen molar-refractivity contribution in [2.24, 2.45) is 10.9 Å². The molecule has 0 atom stereocenters. The molecule has 0 bridgehead atoms. The van der Waals surface area contributed by atoms with Gasteiger partial charge in [0.05, 0.1) is 0 Å². The van der Waals surface area contributed by atoms with Gasteiger partial charge in [0.1, 0.15) is 0 Å². The van der Waals surface area contributed by atoms with Gasteiger partial charge in [0.15, 0.2) is 0 Å². The van der Waals surface area contributed by atoms with Gasteiger partial charge in [0.2, 0.25) is 0 Å². The number of nitrogens with one attached hydrogen (secondary N) is 1. The van der Waals surface area contributed by atoms with E-state index in [0.29, 0.717) is 0 Å². The summed E-state index contributed by atoms with van der Waals surface area (Å²) in [7, 11) is 0. The number of rotatable bonds is 2. The quantitative estimate of drug-likeness (QED) is 0.732. The van der Waals surface area contributed by atoms with Crippen LogP contribution in [0.2, 0.25) is 0 Å². The Kier molecular flexibility index (Phi) is 4.93. The molecule has 1 aromatic carbocycles. The molecule has 22 heavy (non-hydrogen) atoms. The summed E-state index contributed by atoms with van der Waals surface area (Å²) in [6.07, 6.45) is 11.0. The number of nitrogens with two attached hydrogens (primary N) is 2. The van der Waals surface area contributed by atoms with Crippen LogP contribution in [-0.4, -0.2) is 11.3 Å². The van der Waals surface area contributed by atoms with Crippen LogP contribution in [0.1, 0.15) is 54.4 Å². The van der Waals surface area contributed by atoms with Crippen LogP contribution in [0.4, 0.5) is 10.5 Å². The van der Waals surface area contributed by atoms with Crippen molar-refractivity contribution in [2.75, 3.05) is 5.32 Å². The van der Waals surface area contributed by atoms with Crippen LogP contribution in [0, 0.1) is 0 Å². The molecule has 0 aromatic heterocycles. The third-order valence-electron chi connectivity index (χ3n) is 4.97. The summed E-state index contributed by atoms with van der Waals surface area (Å²) >= 11 is 1.51. The second-order valence-electron chi connectivity index (χ2n) is 6.41. The highest BCUT2D eigenvalue weighted by Crippen LogP contribution is 2.38. The molecule has 5 heteroatoms. The lowest BCUT2D eigenvalue weighted by Gasteiger charge is -2.21. The number of benzene rings is 1. The van der Waals surface area contributed by atoms with Crippen LogP contribution in [0.25, 0.3) is 0 Å². The van der Waals surface area contributed by atoms with Gasteiger partial charge in [-0.1, -0.05) is 24.4 Å². The van der Waals surface area contributed by atoms with E-state index < -0.39 is 6.03 Å². The maximum absolute atomic E-state index is 11.1. The van der Waals surface area contributed by atoms with E-state index in [1.165, 1.54) is 66.3 Å². The van der Waals surface area contributed by atoms with Gasteiger partial charge in [-0.2, -0.15) is 0 Å². The van der Waals surface area contributed by atoms with E-state index in [1.54, 1.807) is 0 Å². The van der Waals surface area contributed by atoms with E-state index in [2.05, 4.69) is 11.4 Å². The minimum atomic E-state index is -0.436. The predicted molar refractivity (Wildman–Crippen MR) is 93.1 cm³/mol. The van der Waals surface area contributed by atoms with Crippen molar-refractivity contribution in [2.45, 2.75) is 63.0 Å². The fourth-order valence-corrected chi connectivity index (χ4v) is 4.20. The largest absolute Gasteiger partial charge is 0.351 e.